The Bertz CT molecular complexity index is 600. The standard InChI is InChI=1S/C17H26N2O7/c1-23-12-7-10(8-13(24-2)16(12)26-4)18-11-5-6-14(20)19(17(11)22)9-15(21)25-3/h7-8,11,14,17-18,20,22H,5-6,9H2,1-4H3/t11-,14-,17-/m0/s1. The molecule has 1 saturated heterocycles. The number of carbonyl (C=O) groups excluding carboxylic acids is 1. The molecule has 0 radical (unpaired) electrons. The minimum atomic E-state index is -1.07. The summed E-state index contributed by atoms with van der Waals surface area (Å²) in [5.41, 5.74) is 0.651. The summed E-state index contributed by atoms with van der Waals surface area (Å²) in [6.45, 7) is -0.202. The summed E-state index contributed by atoms with van der Waals surface area (Å²) in [7, 11) is 5.82. The average molecular weight is 370 g/mol. The maximum atomic E-state index is 11.5. The van der Waals surface area contributed by atoms with Crippen molar-refractivity contribution in [3.05, 3.63) is 12.1 Å². The Morgan fingerprint density at radius 1 is 1.12 bits per heavy atom. The fraction of sp³-hybridized carbons (Fsp3) is 0.588. The Morgan fingerprint density at radius 3 is 2.23 bits per heavy atom. The SMILES string of the molecule is COC(=O)CN1[C@@H](O)CC[C@H](Nc2cc(OC)c(OC)c(OC)c2)[C@@H]1O. The van der Waals surface area contributed by atoms with Crippen LogP contribution in [0.25, 0.3) is 0 Å². The molecule has 0 bridgehead atoms. The molecule has 1 fully saturated rings. The number of nitrogens with zero attached hydrogens (tertiary/aromatic N) is 1. The Labute approximate surface area is 152 Å². The van der Waals surface area contributed by atoms with Crippen molar-refractivity contribution >= 4 is 11.7 Å². The molecule has 2 rings (SSSR count). The molecule has 1 aromatic carbocycles. The van der Waals surface area contributed by atoms with E-state index >= 15 is 0 Å². The van der Waals surface area contributed by atoms with Crippen LogP contribution >= 0.6 is 0 Å². The van der Waals surface area contributed by atoms with Crippen molar-refractivity contribution in [2.75, 3.05) is 40.3 Å². The van der Waals surface area contributed by atoms with Crippen LogP contribution in [0.1, 0.15) is 12.8 Å². The molecule has 1 aromatic rings. The van der Waals surface area contributed by atoms with E-state index < -0.39 is 24.5 Å². The zero-order valence-corrected chi connectivity index (χ0v) is 15.4. The van der Waals surface area contributed by atoms with Gasteiger partial charge >= 0.3 is 5.97 Å². The molecule has 26 heavy (non-hydrogen) atoms. The van der Waals surface area contributed by atoms with Crippen molar-refractivity contribution in [1.29, 1.82) is 0 Å². The lowest BCUT2D eigenvalue weighted by atomic mass is 10.0. The number of likely N-dealkylation sites (tertiary alicyclic amines) is 1. The number of ether oxygens (including phenoxy) is 4. The summed E-state index contributed by atoms with van der Waals surface area (Å²) >= 11 is 0. The zero-order valence-electron chi connectivity index (χ0n) is 15.4. The number of aliphatic hydroxyl groups is 2. The van der Waals surface area contributed by atoms with Crippen LogP contribution in [-0.4, -0.2) is 74.6 Å². The van der Waals surface area contributed by atoms with E-state index in [9.17, 15) is 15.0 Å². The van der Waals surface area contributed by atoms with Crippen LogP contribution in [0, 0.1) is 0 Å². The number of hydrogen-bond donors (Lipinski definition) is 3. The third-order valence-corrected chi connectivity index (χ3v) is 4.37. The van der Waals surface area contributed by atoms with Gasteiger partial charge in [0.1, 0.15) is 19.0 Å². The number of nitrogens with one attached hydrogen (secondary N) is 1. The second-order valence-electron chi connectivity index (χ2n) is 5.88. The Hall–Kier alpha value is -2.23. The van der Waals surface area contributed by atoms with E-state index in [4.69, 9.17) is 14.2 Å². The van der Waals surface area contributed by atoms with E-state index in [1.165, 1.54) is 33.3 Å². The molecule has 3 N–H and O–H groups in total. The summed E-state index contributed by atoms with van der Waals surface area (Å²) in [4.78, 5) is 12.8. The summed E-state index contributed by atoms with van der Waals surface area (Å²) in [6, 6.07) is 3.04. The Morgan fingerprint density at radius 2 is 1.73 bits per heavy atom. The monoisotopic (exact) mass is 370 g/mol. The van der Waals surface area contributed by atoms with Gasteiger partial charge in [0.2, 0.25) is 5.75 Å². The molecule has 9 heteroatoms. The lowest BCUT2D eigenvalue weighted by Gasteiger charge is -2.41. The third kappa shape index (κ3) is 4.29. The number of methoxy groups -OCH3 is 4. The highest BCUT2D eigenvalue weighted by Crippen LogP contribution is 2.40. The lowest BCUT2D eigenvalue weighted by molar-refractivity contribution is -0.164. The van der Waals surface area contributed by atoms with Gasteiger partial charge in [-0.1, -0.05) is 0 Å². The van der Waals surface area contributed by atoms with Crippen molar-refractivity contribution in [1.82, 2.24) is 4.90 Å². The van der Waals surface area contributed by atoms with E-state index in [0.717, 1.165) is 0 Å². The summed E-state index contributed by atoms with van der Waals surface area (Å²) < 4.78 is 20.6. The van der Waals surface area contributed by atoms with Crippen molar-refractivity contribution < 1.29 is 34.0 Å². The molecular weight excluding hydrogens is 344 g/mol. The van der Waals surface area contributed by atoms with Gasteiger partial charge in [-0.15, -0.1) is 0 Å². The quantitative estimate of drug-likeness (QED) is 0.587. The zero-order chi connectivity index (χ0) is 19.3. The van der Waals surface area contributed by atoms with Crippen molar-refractivity contribution in [3.63, 3.8) is 0 Å². The van der Waals surface area contributed by atoms with Gasteiger partial charge in [0.05, 0.1) is 34.5 Å². The summed E-state index contributed by atoms with van der Waals surface area (Å²) in [5, 5.41) is 23.8. The van der Waals surface area contributed by atoms with Gasteiger partial charge in [-0.05, 0) is 12.8 Å². The second kappa shape index (κ2) is 8.93. The van der Waals surface area contributed by atoms with Crippen LogP contribution in [0.3, 0.4) is 0 Å². The molecule has 3 atom stereocenters. The van der Waals surface area contributed by atoms with Gasteiger partial charge in [-0.3, -0.25) is 4.79 Å². The van der Waals surface area contributed by atoms with Gasteiger partial charge in [0, 0.05) is 17.8 Å². The van der Waals surface area contributed by atoms with Crippen molar-refractivity contribution in [2.45, 2.75) is 31.3 Å². The number of benzene rings is 1. The largest absolute Gasteiger partial charge is 0.493 e. The lowest BCUT2D eigenvalue weighted by Crippen LogP contribution is -2.57. The third-order valence-electron chi connectivity index (χ3n) is 4.37. The summed E-state index contributed by atoms with van der Waals surface area (Å²) in [6.07, 6.45) is -1.08. The molecule has 1 heterocycles. The first-order valence-corrected chi connectivity index (χ1v) is 8.20. The minimum Gasteiger partial charge on any atom is -0.493 e. The van der Waals surface area contributed by atoms with E-state index in [1.54, 1.807) is 12.1 Å². The van der Waals surface area contributed by atoms with Gasteiger partial charge < -0.3 is 34.5 Å². The van der Waals surface area contributed by atoms with E-state index in [2.05, 4.69) is 10.1 Å². The summed E-state index contributed by atoms with van der Waals surface area (Å²) in [5.74, 6) is 0.890. The van der Waals surface area contributed by atoms with Crippen LogP contribution in [-0.2, 0) is 9.53 Å². The molecule has 0 amide bonds. The molecule has 1 aliphatic rings. The average Bonchev–Trinajstić information content (AvgIpc) is 2.66. The fourth-order valence-electron chi connectivity index (χ4n) is 2.99. The number of esters is 1. The van der Waals surface area contributed by atoms with E-state index in [1.807, 2.05) is 0 Å². The van der Waals surface area contributed by atoms with Gasteiger partial charge in [-0.25, -0.2) is 4.90 Å². The van der Waals surface area contributed by atoms with Crippen LogP contribution in [0.15, 0.2) is 12.1 Å². The fourth-order valence-corrected chi connectivity index (χ4v) is 2.99. The molecule has 9 nitrogen and oxygen atoms in total. The molecule has 0 unspecified atom stereocenters. The first-order chi connectivity index (χ1) is 12.4. The molecule has 0 aliphatic carbocycles. The van der Waals surface area contributed by atoms with Crippen LogP contribution in [0.2, 0.25) is 0 Å². The minimum absolute atomic E-state index is 0.202. The molecule has 0 aromatic heterocycles. The van der Waals surface area contributed by atoms with Gasteiger partial charge in [-0.2, -0.15) is 0 Å². The number of anilines is 1. The number of carbonyl (C=O) groups is 1. The van der Waals surface area contributed by atoms with Crippen molar-refractivity contribution in [3.8, 4) is 17.2 Å². The maximum absolute atomic E-state index is 11.5. The van der Waals surface area contributed by atoms with E-state index in [0.29, 0.717) is 35.8 Å². The first-order valence-electron chi connectivity index (χ1n) is 8.20. The number of piperidine rings is 1. The highest BCUT2D eigenvalue weighted by atomic mass is 16.5. The predicted molar refractivity (Wildman–Crippen MR) is 93.5 cm³/mol. The van der Waals surface area contributed by atoms with Crippen LogP contribution < -0.4 is 19.5 Å². The molecule has 0 saturated carbocycles. The van der Waals surface area contributed by atoms with Crippen LogP contribution in [0.5, 0.6) is 17.2 Å². The smallest absolute Gasteiger partial charge is 0.320 e. The van der Waals surface area contributed by atoms with E-state index in [-0.39, 0.29) is 6.54 Å². The normalized spacial score (nSPS) is 23.2. The second-order valence-corrected chi connectivity index (χ2v) is 5.88. The van der Waals surface area contributed by atoms with Crippen molar-refractivity contribution in [2.24, 2.45) is 0 Å². The highest BCUT2D eigenvalue weighted by Gasteiger charge is 2.36. The Kier molecular flexibility index (Phi) is 6.90. The van der Waals surface area contributed by atoms with Gasteiger partial charge in [0.15, 0.2) is 11.5 Å². The topological polar surface area (TPSA) is 110 Å². The first kappa shape index (κ1) is 20.1. The number of hydrogen-bond acceptors (Lipinski definition) is 9. The van der Waals surface area contributed by atoms with Gasteiger partial charge in [0.25, 0.3) is 0 Å². The molecular formula is C17H26N2O7. The van der Waals surface area contributed by atoms with Crippen LogP contribution in [0.4, 0.5) is 5.69 Å². The maximum Gasteiger partial charge on any atom is 0.320 e. The highest BCUT2D eigenvalue weighted by molar-refractivity contribution is 5.71. The molecule has 0 spiro atoms. The molecule has 1 aliphatic heterocycles. The Balaban J connectivity index is 2.20. The number of aliphatic hydroxyl groups excluding tert-OH is 2. The number of rotatable bonds is 7. The predicted octanol–water partition coefficient (Wildman–Crippen LogP) is 0.398. The molecule has 146 valence electrons.